The largest absolute Gasteiger partial charge is 0.472 e. The first-order valence-electron chi connectivity index (χ1n) is 48.1. The van der Waals surface area contributed by atoms with E-state index in [2.05, 4.69) is 52.0 Å². The van der Waals surface area contributed by atoms with Gasteiger partial charge in [0, 0.05) is 25.7 Å². The Morgan fingerprint density at radius 3 is 1.02 bits per heavy atom. The number of esters is 4. The van der Waals surface area contributed by atoms with Gasteiger partial charge in [-0.25, -0.2) is 4.57 Å². The van der Waals surface area contributed by atoms with Crippen molar-refractivity contribution in [3.63, 3.8) is 0 Å². The van der Waals surface area contributed by atoms with Gasteiger partial charge in [0.1, 0.15) is 92.6 Å². The minimum Gasteiger partial charge on any atom is -0.463 e. The molecule has 1 saturated carbocycles. The summed E-state index contributed by atoms with van der Waals surface area (Å²) in [5, 5.41) is 102. The minimum absolute atomic E-state index is 0.00614. The van der Waals surface area contributed by atoms with Crippen LogP contribution in [0.1, 0.15) is 413 Å². The van der Waals surface area contributed by atoms with Crippen LogP contribution in [0, 0.1) is 0 Å². The molecule has 698 valence electrons. The Balaban J connectivity index is 1.91. The first-order chi connectivity index (χ1) is 57.7. The van der Waals surface area contributed by atoms with E-state index in [-0.39, 0.29) is 25.7 Å². The summed E-state index contributed by atoms with van der Waals surface area (Å²) in [6, 6.07) is 0. The van der Waals surface area contributed by atoms with Gasteiger partial charge in [-0.1, -0.05) is 335 Å². The lowest BCUT2D eigenvalue weighted by Crippen LogP contribution is -2.70. The molecule has 3 rings (SSSR count). The third-order valence-electron chi connectivity index (χ3n) is 23.4. The van der Waals surface area contributed by atoms with Crippen molar-refractivity contribution in [2.75, 3.05) is 26.4 Å². The van der Waals surface area contributed by atoms with Crippen LogP contribution in [0.25, 0.3) is 0 Å². The number of unbranched alkanes of at least 4 members (excludes halogenated alkanes) is 50. The molecule has 2 heterocycles. The molecule has 119 heavy (non-hydrogen) atoms. The number of allylic oxidation sites excluding steroid dienone is 4. The van der Waals surface area contributed by atoms with Gasteiger partial charge in [0.25, 0.3) is 0 Å². The summed E-state index contributed by atoms with van der Waals surface area (Å²) < 4.78 is 73.5. The van der Waals surface area contributed by atoms with Crippen LogP contribution in [0.3, 0.4) is 0 Å². The number of hydrogen-bond donors (Lipinski definition) is 10. The molecule has 18 atom stereocenters. The van der Waals surface area contributed by atoms with Gasteiger partial charge in [-0.2, -0.15) is 0 Å². The van der Waals surface area contributed by atoms with E-state index in [1.807, 2.05) is 0 Å². The molecule has 0 aromatic rings. The molecule has 0 amide bonds. The number of hydrogen-bond acceptors (Lipinski definition) is 24. The second kappa shape index (κ2) is 72.0. The summed E-state index contributed by atoms with van der Waals surface area (Å²) in [5.41, 5.74) is 0. The molecular formula is C93H171O25P. The Morgan fingerprint density at radius 2 is 0.630 bits per heavy atom. The molecular weight excluding hydrogens is 1550 g/mol. The van der Waals surface area contributed by atoms with Crippen molar-refractivity contribution in [2.45, 2.75) is 517 Å². The molecule has 3 aliphatic rings. The molecule has 0 bridgehead atoms. The Hall–Kier alpha value is -3.05. The topological polar surface area (TPSA) is 380 Å². The standard InChI is InChI=1S/C93H171O25P/c1-5-9-13-17-21-25-29-33-36-39-42-46-49-53-57-61-65-76(95)109-70-73(112-78(97)67-63-59-55-51-47-44-40-37-34-30-26-22-18-14-10-6-2)71-111-119(107,108)118-91-89(116-92-86(105)82(101)80(99)74(69-94)113-92)85(104)84(103)88(115-79(98)68-64-60-56-52-48-43-38-35-31-27-23-19-15-11-7-3)90(91)117-93-87(106)83(102)81(100)75(114-93)72-110-77(96)66-62-58-54-50-45-41-32-28-24-20-16-12-8-4/h27,31,41,45,73-75,80-94,99-106H,5-26,28-30,32-40,42-44,46-72H2,1-4H3,(H,107,108)/b31-27-,45-41-. The summed E-state index contributed by atoms with van der Waals surface area (Å²) in [5.74, 6) is -2.97. The summed E-state index contributed by atoms with van der Waals surface area (Å²) in [6.45, 7) is 5.59. The van der Waals surface area contributed by atoms with Gasteiger partial charge in [0.2, 0.25) is 0 Å². The Bertz CT molecular complexity index is 2570. The molecule has 0 aromatic carbocycles. The number of carbonyl (C=O) groups is 4. The molecule has 0 aromatic heterocycles. The van der Waals surface area contributed by atoms with E-state index >= 15 is 0 Å². The van der Waals surface area contributed by atoms with Gasteiger partial charge in [0.15, 0.2) is 24.8 Å². The highest BCUT2D eigenvalue weighted by atomic mass is 31.2. The maximum atomic E-state index is 14.9. The van der Waals surface area contributed by atoms with Gasteiger partial charge in [-0.15, -0.1) is 0 Å². The Labute approximate surface area is 717 Å². The van der Waals surface area contributed by atoms with E-state index in [4.69, 9.17) is 46.9 Å². The Morgan fingerprint density at radius 1 is 0.328 bits per heavy atom. The molecule has 0 spiro atoms. The van der Waals surface area contributed by atoms with Gasteiger partial charge < -0.3 is 88.7 Å². The van der Waals surface area contributed by atoms with Gasteiger partial charge in [0.05, 0.1) is 13.2 Å². The van der Waals surface area contributed by atoms with Crippen molar-refractivity contribution in [3.05, 3.63) is 24.3 Å². The van der Waals surface area contributed by atoms with Crippen LogP contribution in [-0.4, -0.2) is 205 Å². The highest BCUT2D eigenvalue weighted by molar-refractivity contribution is 7.47. The molecule has 1 aliphatic carbocycles. The number of phosphoric acid groups is 1. The number of aliphatic hydroxyl groups is 9. The van der Waals surface area contributed by atoms with Crippen molar-refractivity contribution in [1.29, 1.82) is 0 Å². The lowest BCUT2D eigenvalue weighted by atomic mass is 9.84. The van der Waals surface area contributed by atoms with Crippen LogP contribution < -0.4 is 0 Å². The van der Waals surface area contributed by atoms with Crippen LogP contribution in [0.4, 0.5) is 0 Å². The average Bonchev–Trinajstić information content (AvgIpc) is 0.753. The number of aliphatic hydroxyl groups excluding tert-OH is 9. The smallest absolute Gasteiger partial charge is 0.463 e. The maximum Gasteiger partial charge on any atom is 0.472 e. The molecule has 18 unspecified atom stereocenters. The van der Waals surface area contributed by atoms with Crippen molar-refractivity contribution in [1.82, 2.24) is 0 Å². The van der Waals surface area contributed by atoms with Gasteiger partial charge in [-0.3, -0.25) is 28.2 Å². The molecule has 26 heteroatoms. The zero-order chi connectivity index (χ0) is 86.8. The predicted octanol–water partition coefficient (Wildman–Crippen LogP) is 18.1. The summed E-state index contributed by atoms with van der Waals surface area (Å²) in [7, 11) is -5.81. The predicted molar refractivity (Wildman–Crippen MR) is 463 cm³/mol. The third kappa shape index (κ3) is 52.0. The fourth-order valence-corrected chi connectivity index (χ4v) is 16.7. The van der Waals surface area contributed by atoms with Crippen molar-refractivity contribution in [3.8, 4) is 0 Å². The van der Waals surface area contributed by atoms with Crippen molar-refractivity contribution >= 4 is 31.7 Å². The molecule has 2 saturated heterocycles. The van der Waals surface area contributed by atoms with Crippen LogP contribution >= 0.6 is 7.82 Å². The summed E-state index contributed by atoms with van der Waals surface area (Å²) in [6.07, 6.45) is 33.0. The van der Waals surface area contributed by atoms with Crippen LogP contribution in [0.5, 0.6) is 0 Å². The minimum atomic E-state index is -5.81. The average molecular weight is 1720 g/mol. The summed E-state index contributed by atoms with van der Waals surface area (Å²) >= 11 is 0. The van der Waals surface area contributed by atoms with Crippen molar-refractivity contribution < 1.29 is 122 Å². The first kappa shape index (κ1) is 110. The van der Waals surface area contributed by atoms with E-state index in [0.717, 1.165) is 135 Å². The zero-order valence-corrected chi connectivity index (χ0v) is 75.3. The zero-order valence-electron chi connectivity index (χ0n) is 74.4. The van der Waals surface area contributed by atoms with E-state index in [1.165, 1.54) is 186 Å². The number of phosphoric ester groups is 1. The fraction of sp³-hybridized carbons (Fsp3) is 0.914. The normalized spacial score (nSPS) is 24.9. The molecule has 2 aliphatic heterocycles. The van der Waals surface area contributed by atoms with E-state index in [1.54, 1.807) is 0 Å². The number of rotatable bonds is 78. The number of carbonyl (C=O) groups excluding carboxylic acids is 4. The first-order valence-corrected chi connectivity index (χ1v) is 49.6. The monoisotopic (exact) mass is 1720 g/mol. The lowest BCUT2D eigenvalue weighted by molar-refractivity contribution is -0.360. The molecule has 10 N–H and O–H groups in total. The van der Waals surface area contributed by atoms with E-state index in [9.17, 15) is 74.6 Å². The fourth-order valence-electron chi connectivity index (χ4n) is 15.8. The van der Waals surface area contributed by atoms with Crippen LogP contribution in [0.15, 0.2) is 24.3 Å². The highest BCUT2D eigenvalue weighted by Crippen LogP contribution is 2.49. The van der Waals surface area contributed by atoms with Gasteiger partial charge >= 0.3 is 31.7 Å². The third-order valence-corrected chi connectivity index (χ3v) is 24.4. The van der Waals surface area contributed by atoms with Crippen LogP contribution in [0.2, 0.25) is 0 Å². The second-order valence-electron chi connectivity index (χ2n) is 34.2. The number of ether oxygens (including phenoxy) is 8. The molecule has 25 nitrogen and oxygen atoms in total. The van der Waals surface area contributed by atoms with Gasteiger partial charge in [-0.05, 0) is 77.0 Å². The molecule has 3 fully saturated rings. The maximum absolute atomic E-state index is 14.9. The lowest BCUT2D eigenvalue weighted by Gasteiger charge is -2.50. The van der Waals surface area contributed by atoms with Crippen molar-refractivity contribution in [2.24, 2.45) is 0 Å². The van der Waals surface area contributed by atoms with E-state index < -0.39 is 162 Å². The summed E-state index contributed by atoms with van der Waals surface area (Å²) in [4.78, 5) is 66.5. The second-order valence-corrected chi connectivity index (χ2v) is 35.6. The van der Waals surface area contributed by atoms with E-state index in [0.29, 0.717) is 38.5 Å². The SMILES string of the molecule is CCCCCC/C=C\CCCCCCCCCC(=O)OC1C(O)C(O)C(OC2OC(CO)C(O)C(O)C2O)C(OP(=O)(O)OCC(COC(=O)CCCCCCCCCCCCCCCCCC)OC(=O)CCCCCCCCCCCCCCCCCC)C1OC1OC(COC(=O)CCCCC/C=C\CCCCCCCC)C(O)C(O)C1O. The van der Waals surface area contributed by atoms with Crippen LogP contribution in [-0.2, 0) is 70.7 Å². The quantitative estimate of drug-likeness (QED) is 0.00889. The highest BCUT2D eigenvalue weighted by Gasteiger charge is 2.60. The molecule has 0 radical (unpaired) electrons. The Kier molecular flexibility index (Phi) is 66.7.